The molecule has 15 heavy (non-hydrogen) atoms. The van der Waals surface area contributed by atoms with Crippen molar-refractivity contribution in [1.29, 1.82) is 0 Å². The molecule has 0 aliphatic rings. The lowest BCUT2D eigenvalue weighted by Gasteiger charge is -2.17. The van der Waals surface area contributed by atoms with E-state index in [9.17, 15) is 0 Å². The van der Waals surface area contributed by atoms with Crippen LogP contribution >= 0.6 is 0 Å². The Morgan fingerprint density at radius 2 is 2.07 bits per heavy atom. The van der Waals surface area contributed by atoms with Crippen LogP contribution in [-0.2, 0) is 0 Å². The zero-order valence-corrected chi connectivity index (χ0v) is 10.1. The number of hydrogen-bond acceptors (Lipinski definition) is 2. The molecule has 0 fully saturated rings. The van der Waals surface area contributed by atoms with E-state index in [1.165, 1.54) is 11.1 Å². The van der Waals surface area contributed by atoms with Gasteiger partial charge < -0.3 is 10.1 Å². The predicted octanol–water partition coefficient (Wildman–Crippen LogP) is 2.68. The van der Waals surface area contributed by atoms with Crippen molar-refractivity contribution in [3.8, 4) is 5.75 Å². The first-order valence-electron chi connectivity index (χ1n) is 5.58. The van der Waals surface area contributed by atoms with Gasteiger partial charge in [-0.25, -0.2) is 0 Å². The summed E-state index contributed by atoms with van der Waals surface area (Å²) in [5.41, 5.74) is 2.44. The van der Waals surface area contributed by atoms with Gasteiger partial charge >= 0.3 is 0 Å². The van der Waals surface area contributed by atoms with Gasteiger partial charge in [0.25, 0.3) is 0 Å². The fraction of sp³-hybridized carbons (Fsp3) is 0.538. The van der Waals surface area contributed by atoms with Gasteiger partial charge in [0.15, 0.2) is 0 Å². The SMILES string of the molecule is CCNCC(C)Oc1cc(C)ccc1C. The molecule has 1 rings (SSSR count). The maximum absolute atomic E-state index is 5.87. The molecule has 2 nitrogen and oxygen atoms in total. The molecule has 1 atom stereocenters. The molecule has 0 aliphatic heterocycles. The Kier molecular flexibility index (Phi) is 4.63. The van der Waals surface area contributed by atoms with E-state index in [0.29, 0.717) is 0 Å². The van der Waals surface area contributed by atoms with E-state index in [4.69, 9.17) is 4.74 Å². The second-order valence-corrected chi connectivity index (χ2v) is 4.01. The smallest absolute Gasteiger partial charge is 0.122 e. The summed E-state index contributed by atoms with van der Waals surface area (Å²) in [7, 11) is 0. The molecule has 0 saturated carbocycles. The highest BCUT2D eigenvalue weighted by Crippen LogP contribution is 2.20. The first-order valence-corrected chi connectivity index (χ1v) is 5.58. The molecule has 1 aromatic carbocycles. The molecule has 1 N–H and O–H groups in total. The van der Waals surface area contributed by atoms with E-state index in [2.05, 4.69) is 51.2 Å². The van der Waals surface area contributed by atoms with E-state index in [-0.39, 0.29) is 6.10 Å². The minimum Gasteiger partial charge on any atom is -0.489 e. The van der Waals surface area contributed by atoms with Gasteiger partial charge in [-0.15, -0.1) is 0 Å². The Labute approximate surface area is 92.6 Å². The van der Waals surface area contributed by atoms with Crippen LogP contribution in [-0.4, -0.2) is 19.2 Å². The van der Waals surface area contributed by atoms with Gasteiger partial charge in [0.1, 0.15) is 11.9 Å². The third kappa shape index (κ3) is 3.92. The second kappa shape index (κ2) is 5.76. The fourth-order valence-electron chi connectivity index (χ4n) is 1.44. The third-order valence-electron chi connectivity index (χ3n) is 2.35. The standard InChI is InChI=1S/C13H21NO/c1-5-14-9-12(4)15-13-8-10(2)6-7-11(13)3/h6-8,12,14H,5,9H2,1-4H3. The summed E-state index contributed by atoms with van der Waals surface area (Å²) in [6.07, 6.45) is 0.213. The summed E-state index contributed by atoms with van der Waals surface area (Å²) in [5, 5.41) is 3.28. The number of ether oxygens (including phenoxy) is 1. The lowest BCUT2D eigenvalue weighted by atomic mass is 10.1. The first kappa shape index (κ1) is 12.1. The number of benzene rings is 1. The van der Waals surface area contributed by atoms with Crippen LogP contribution in [0.1, 0.15) is 25.0 Å². The van der Waals surface area contributed by atoms with E-state index < -0.39 is 0 Å². The Morgan fingerprint density at radius 1 is 1.33 bits per heavy atom. The highest BCUT2D eigenvalue weighted by molar-refractivity contribution is 5.36. The molecule has 0 amide bonds. The average Bonchev–Trinajstić information content (AvgIpc) is 2.20. The number of nitrogens with one attached hydrogen (secondary N) is 1. The van der Waals surface area contributed by atoms with E-state index in [1.54, 1.807) is 0 Å². The van der Waals surface area contributed by atoms with Crippen molar-refractivity contribution < 1.29 is 4.74 Å². The molecule has 0 bridgehead atoms. The fourth-order valence-corrected chi connectivity index (χ4v) is 1.44. The molecule has 0 radical (unpaired) electrons. The van der Waals surface area contributed by atoms with Crippen LogP contribution in [0.2, 0.25) is 0 Å². The molecular formula is C13H21NO. The monoisotopic (exact) mass is 207 g/mol. The molecule has 0 heterocycles. The molecule has 1 unspecified atom stereocenters. The van der Waals surface area contributed by atoms with Gasteiger partial charge in [0, 0.05) is 6.54 Å². The quantitative estimate of drug-likeness (QED) is 0.801. The summed E-state index contributed by atoms with van der Waals surface area (Å²) in [4.78, 5) is 0. The molecule has 0 spiro atoms. The Hall–Kier alpha value is -1.02. The van der Waals surface area contributed by atoms with Crippen molar-refractivity contribution >= 4 is 0 Å². The summed E-state index contributed by atoms with van der Waals surface area (Å²) < 4.78 is 5.87. The summed E-state index contributed by atoms with van der Waals surface area (Å²) >= 11 is 0. The minimum absolute atomic E-state index is 0.213. The van der Waals surface area contributed by atoms with Crippen molar-refractivity contribution in [2.75, 3.05) is 13.1 Å². The predicted molar refractivity (Wildman–Crippen MR) is 64.5 cm³/mol. The van der Waals surface area contributed by atoms with Crippen LogP contribution in [0, 0.1) is 13.8 Å². The topological polar surface area (TPSA) is 21.3 Å². The highest BCUT2D eigenvalue weighted by atomic mass is 16.5. The second-order valence-electron chi connectivity index (χ2n) is 4.01. The van der Waals surface area contributed by atoms with Crippen LogP contribution in [0.25, 0.3) is 0 Å². The molecule has 0 aliphatic carbocycles. The van der Waals surface area contributed by atoms with E-state index in [1.807, 2.05) is 0 Å². The van der Waals surface area contributed by atoms with Crippen LogP contribution in [0.5, 0.6) is 5.75 Å². The summed E-state index contributed by atoms with van der Waals surface area (Å²) in [6.45, 7) is 10.2. The van der Waals surface area contributed by atoms with Crippen LogP contribution in [0.15, 0.2) is 18.2 Å². The first-order chi connectivity index (χ1) is 7.13. The molecule has 0 aromatic heterocycles. The van der Waals surface area contributed by atoms with Gasteiger partial charge in [-0.05, 0) is 44.5 Å². The Balaban J connectivity index is 2.59. The van der Waals surface area contributed by atoms with E-state index >= 15 is 0 Å². The molecule has 84 valence electrons. The Bertz CT molecular complexity index is 309. The van der Waals surface area contributed by atoms with Crippen molar-refractivity contribution in [1.82, 2.24) is 5.32 Å². The number of likely N-dealkylation sites (N-methyl/N-ethyl adjacent to an activating group) is 1. The number of hydrogen-bond donors (Lipinski definition) is 1. The molecular weight excluding hydrogens is 186 g/mol. The number of aryl methyl sites for hydroxylation is 2. The zero-order valence-electron chi connectivity index (χ0n) is 10.1. The summed E-state index contributed by atoms with van der Waals surface area (Å²) in [6, 6.07) is 6.31. The van der Waals surface area contributed by atoms with Crippen molar-refractivity contribution in [3.05, 3.63) is 29.3 Å². The zero-order chi connectivity index (χ0) is 11.3. The maximum Gasteiger partial charge on any atom is 0.122 e. The lowest BCUT2D eigenvalue weighted by molar-refractivity contribution is 0.216. The van der Waals surface area contributed by atoms with Gasteiger partial charge in [0.05, 0.1) is 0 Å². The number of rotatable bonds is 5. The van der Waals surface area contributed by atoms with Gasteiger partial charge in [-0.1, -0.05) is 19.1 Å². The van der Waals surface area contributed by atoms with Crippen LogP contribution < -0.4 is 10.1 Å². The largest absolute Gasteiger partial charge is 0.489 e. The van der Waals surface area contributed by atoms with E-state index in [0.717, 1.165) is 18.8 Å². The summed E-state index contributed by atoms with van der Waals surface area (Å²) in [5.74, 6) is 1.00. The van der Waals surface area contributed by atoms with Crippen molar-refractivity contribution in [3.63, 3.8) is 0 Å². The minimum atomic E-state index is 0.213. The van der Waals surface area contributed by atoms with Crippen LogP contribution in [0.3, 0.4) is 0 Å². The maximum atomic E-state index is 5.87. The van der Waals surface area contributed by atoms with Crippen molar-refractivity contribution in [2.45, 2.75) is 33.8 Å². The van der Waals surface area contributed by atoms with Gasteiger partial charge in [0.2, 0.25) is 0 Å². The highest BCUT2D eigenvalue weighted by Gasteiger charge is 2.05. The van der Waals surface area contributed by atoms with Gasteiger partial charge in [-0.2, -0.15) is 0 Å². The molecule has 1 aromatic rings. The Morgan fingerprint density at radius 3 is 2.73 bits per heavy atom. The average molecular weight is 207 g/mol. The molecule has 0 saturated heterocycles. The van der Waals surface area contributed by atoms with Gasteiger partial charge in [-0.3, -0.25) is 0 Å². The lowest BCUT2D eigenvalue weighted by Crippen LogP contribution is -2.28. The normalized spacial score (nSPS) is 12.5. The van der Waals surface area contributed by atoms with Crippen molar-refractivity contribution in [2.24, 2.45) is 0 Å². The van der Waals surface area contributed by atoms with Crippen LogP contribution in [0.4, 0.5) is 0 Å². The molecule has 2 heteroatoms. The third-order valence-corrected chi connectivity index (χ3v) is 2.35.